The van der Waals surface area contributed by atoms with Gasteiger partial charge in [-0.1, -0.05) is 11.6 Å². The number of unbranched alkanes of at least 4 members (excludes halogenated alkanes) is 1. The molecular formula is C19H24ClF3N4O3. The van der Waals surface area contributed by atoms with Crippen LogP contribution in [-0.4, -0.2) is 41.9 Å². The quantitative estimate of drug-likeness (QED) is 0.578. The van der Waals surface area contributed by atoms with Gasteiger partial charge in [0.1, 0.15) is 11.4 Å². The summed E-state index contributed by atoms with van der Waals surface area (Å²) in [5.41, 5.74) is -1.26. The molecule has 0 radical (unpaired) electrons. The van der Waals surface area contributed by atoms with Gasteiger partial charge in [-0.25, -0.2) is 14.8 Å². The zero-order valence-corrected chi connectivity index (χ0v) is 17.9. The van der Waals surface area contributed by atoms with Crippen LogP contribution in [0.2, 0.25) is 5.15 Å². The van der Waals surface area contributed by atoms with E-state index >= 15 is 0 Å². The smallest absolute Gasteiger partial charge is 0.420 e. The van der Waals surface area contributed by atoms with Gasteiger partial charge in [-0.15, -0.1) is 0 Å². The molecule has 0 fully saturated rings. The van der Waals surface area contributed by atoms with E-state index in [9.17, 15) is 18.0 Å². The first-order valence-corrected chi connectivity index (χ1v) is 9.61. The van der Waals surface area contributed by atoms with E-state index in [1.807, 2.05) is 0 Å². The minimum Gasteiger partial charge on any atom is -0.496 e. The molecule has 2 N–H and O–H groups in total. The first-order chi connectivity index (χ1) is 13.9. The highest BCUT2D eigenvalue weighted by Gasteiger charge is 2.35. The van der Waals surface area contributed by atoms with Gasteiger partial charge < -0.3 is 20.1 Å². The molecule has 11 heteroatoms. The van der Waals surface area contributed by atoms with Crippen molar-refractivity contribution in [2.45, 2.75) is 45.4 Å². The van der Waals surface area contributed by atoms with Gasteiger partial charge >= 0.3 is 12.3 Å². The van der Waals surface area contributed by atoms with E-state index < -0.39 is 23.4 Å². The number of ether oxygens (including phenoxy) is 2. The molecule has 1 amide bonds. The van der Waals surface area contributed by atoms with E-state index in [4.69, 9.17) is 21.1 Å². The zero-order valence-electron chi connectivity index (χ0n) is 17.1. The minimum atomic E-state index is -4.59. The molecule has 166 valence electrons. The first-order valence-electron chi connectivity index (χ1n) is 9.24. The largest absolute Gasteiger partial charge is 0.496 e. The minimum absolute atomic E-state index is 0.0141. The van der Waals surface area contributed by atoms with E-state index in [0.29, 0.717) is 25.9 Å². The first kappa shape index (κ1) is 23.8. The van der Waals surface area contributed by atoms with Crippen molar-refractivity contribution >= 4 is 34.5 Å². The number of fused-ring (bicyclic) bond motifs is 1. The third kappa shape index (κ3) is 6.79. The molecule has 0 unspecified atom stereocenters. The van der Waals surface area contributed by atoms with Gasteiger partial charge in [0.05, 0.1) is 23.7 Å². The average Bonchev–Trinajstić information content (AvgIpc) is 2.61. The van der Waals surface area contributed by atoms with Crippen molar-refractivity contribution in [1.82, 2.24) is 15.3 Å². The number of carbonyl (C=O) groups excluding carboxylic acids is 1. The molecular weight excluding hydrogens is 425 g/mol. The van der Waals surface area contributed by atoms with Crippen LogP contribution in [0.1, 0.15) is 39.2 Å². The summed E-state index contributed by atoms with van der Waals surface area (Å²) in [6.45, 7) is 6.26. The van der Waals surface area contributed by atoms with Crippen molar-refractivity contribution < 1.29 is 27.4 Å². The Kier molecular flexibility index (Phi) is 7.57. The molecule has 2 aromatic rings. The summed E-state index contributed by atoms with van der Waals surface area (Å²) >= 11 is 6.06. The van der Waals surface area contributed by atoms with E-state index in [1.165, 1.54) is 6.07 Å². The van der Waals surface area contributed by atoms with Gasteiger partial charge in [-0.2, -0.15) is 13.2 Å². The van der Waals surface area contributed by atoms with E-state index in [-0.39, 0.29) is 27.8 Å². The number of nitrogens with zero attached hydrogens (tertiary/aromatic N) is 2. The fraction of sp³-hybridized carbons (Fsp3) is 0.526. The van der Waals surface area contributed by atoms with Crippen LogP contribution < -0.4 is 15.4 Å². The number of rotatable bonds is 7. The van der Waals surface area contributed by atoms with Crippen molar-refractivity contribution in [3.63, 3.8) is 0 Å². The maximum atomic E-state index is 13.1. The molecule has 1 heterocycles. The van der Waals surface area contributed by atoms with Gasteiger partial charge in [0.25, 0.3) is 0 Å². The van der Waals surface area contributed by atoms with E-state index in [1.54, 1.807) is 20.8 Å². The molecule has 1 aromatic heterocycles. The third-order valence-electron chi connectivity index (χ3n) is 3.81. The lowest BCUT2D eigenvalue weighted by atomic mass is 10.1. The monoisotopic (exact) mass is 448 g/mol. The van der Waals surface area contributed by atoms with E-state index in [2.05, 4.69) is 20.6 Å². The molecule has 2 rings (SSSR count). The fourth-order valence-electron chi connectivity index (χ4n) is 2.53. The average molecular weight is 449 g/mol. The third-order valence-corrected chi connectivity index (χ3v) is 4.08. The second kappa shape index (κ2) is 9.55. The van der Waals surface area contributed by atoms with Crippen LogP contribution >= 0.6 is 11.6 Å². The Morgan fingerprint density at radius 2 is 1.73 bits per heavy atom. The molecule has 0 aliphatic carbocycles. The molecule has 0 bridgehead atoms. The molecule has 0 saturated carbocycles. The molecule has 0 saturated heterocycles. The van der Waals surface area contributed by atoms with Gasteiger partial charge in [0, 0.05) is 19.2 Å². The summed E-state index contributed by atoms with van der Waals surface area (Å²) in [6, 6.07) is 2.04. The Hall–Kier alpha value is -2.49. The molecule has 0 aliphatic heterocycles. The lowest BCUT2D eigenvalue weighted by Crippen LogP contribution is -2.33. The number of hydrogen-bond acceptors (Lipinski definition) is 6. The summed E-state index contributed by atoms with van der Waals surface area (Å²) in [6.07, 6.45) is -3.71. The van der Waals surface area contributed by atoms with Crippen LogP contribution in [0, 0.1) is 0 Å². The predicted octanol–water partition coefficient (Wildman–Crippen LogP) is 5.03. The van der Waals surface area contributed by atoms with Crippen molar-refractivity contribution in [2.24, 2.45) is 0 Å². The lowest BCUT2D eigenvalue weighted by Gasteiger charge is -2.19. The van der Waals surface area contributed by atoms with Crippen LogP contribution in [0.5, 0.6) is 5.75 Å². The molecule has 7 nitrogen and oxygen atoms in total. The number of methoxy groups -OCH3 is 1. The van der Waals surface area contributed by atoms with Crippen LogP contribution in [0.25, 0.3) is 11.0 Å². The second-order valence-electron chi connectivity index (χ2n) is 7.46. The van der Waals surface area contributed by atoms with Gasteiger partial charge in [0.2, 0.25) is 0 Å². The number of halogens is 4. The number of alkyl halides is 3. The number of carbonyl (C=O) groups is 1. The number of aromatic nitrogens is 2. The Morgan fingerprint density at radius 1 is 1.10 bits per heavy atom. The number of nitrogens with one attached hydrogen (secondary N) is 2. The van der Waals surface area contributed by atoms with Gasteiger partial charge in [-0.05, 0) is 39.7 Å². The topological polar surface area (TPSA) is 85.4 Å². The Balaban J connectivity index is 1.95. The summed E-state index contributed by atoms with van der Waals surface area (Å²) in [5, 5.41) is 5.62. The summed E-state index contributed by atoms with van der Waals surface area (Å²) in [4.78, 5) is 19.8. The number of amides is 1. The normalized spacial score (nSPS) is 12.0. The van der Waals surface area contributed by atoms with Crippen molar-refractivity contribution in [2.75, 3.05) is 25.5 Å². The standard InChI is InChI=1S/C19H24ClF3N4O3/c1-18(2,3)30-17(28)25-8-6-5-7-24-16-15(20)26-12-9-11(19(21,22)23)14(29-4)10-13(12)27-16/h9-10H,5-8H2,1-4H3,(H,24,27)(H,25,28). The number of hydrogen-bond donors (Lipinski definition) is 2. The fourth-order valence-corrected chi connectivity index (χ4v) is 2.73. The Bertz CT molecular complexity index is 901. The molecule has 0 aliphatic rings. The van der Waals surface area contributed by atoms with Crippen LogP contribution in [0.3, 0.4) is 0 Å². The summed E-state index contributed by atoms with van der Waals surface area (Å²) in [5.74, 6) is -0.0862. The second-order valence-corrected chi connectivity index (χ2v) is 7.82. The highest BCUT2D eigenvalue weighted by molar-refractivity contribution is 6.32. The van der Waals surface area contributed by atoms with Crippen molar-refractivity contribution in [3.8, 4) is 5.75 Å². The summed E-state index contributed by atoms with van der Waals surface area (Å²) < 4.78 is 49.4. The number of alkyl carbamates (subject to hydrolysis) is 1. The highest BCUT2D eigenvalue weighted by atomic mass is 35.5. The van der Waals surface area contributed by atoms with Crippen LogP contribution in [0.15, 0.2) is 12.1 Å². The molecule has 0 spiro atoms. The number of benzene rings is 1. The van der Waals surface area contributed by atoms with Gasteiger partial charge in [0.15, 0.2) is 11.0 Å². The Labute approximate surface area is 177 Å². The van der Waals surface area contributed by atoms with Gasteiger partial charge in [-0.3, -0.25) is 0 Å². The maximum Gasteiger partial charge on any atom is 0.420 e. The van der Waals surface area contributed by atoms with Crippen LogP contribution in [-0.2, 0) is 10.9 Å². The van der Waals surface area contributed by atoms with Crippen molar-refractivity contribution in [3.05, 3.63) is 22.8 Å². The zero-order chi connectivity index (χ0) is 22.5. The summed E-state index contributed by atoms with van der Waals surface area (Å²) in [7, 11) is 1.16. The van der Waals surface area contributed by atoms with E-state index in [0.717, 1.165) is 13.2 Å². The Morgan fingerprint density at radius 3 is 2.33 bits per heavy atom. The number of anilines is 1. The molecule has 1 aromatic carbocycles. The SMILES string of the molecule is COc1cc2nc(NCCCCNC(=O)OC(C)(C)C)c(Cl)nc2cc1C(F)(F)F. The lowest BCUT2D eigenvalue weighted by molar-refractivity contribution is -0.138. The molecule has 0 atom stereocenters. The predicted molar refractivity (Wildman–Crippen MR) is 108 cm³/mol. The maximum absolute atomic E-state index is 13.1. The molecule has 30 heavy (non-hydrogen) atoms. The van der Waals surface area contributed by atoms with Crippen LogP contribution in [0.4, 0.5) is 23.8 Å². The van der Waals surface area contributed by atoms with Crippen molar-refractivity contribution in [1.29, 1.82) is 0 Å². The highest BCUT2D eigenvalue weighted by Crippen LogP contribution is 2.38.